The summed E-state index contributed by atoms with van der Waals surface area (Å²) in [6.45, 7) is 7.98. The number of benzene rings is 1. The third kappa shape index (κ3) is 4.28. The van der Waals surface area contributed by atoms with Crippen LogP contribution in [0.4, 0.5) is 0 Å². The molecule has 0 aromatic heterocycles. The Morgan fingerprint density at radius 2 is 1.95 bits per heavy atom. The molecule has 4 nitrogen and oxygen atoms in total. The maximum absolute atomic E-state index is 12.6. The molecule has 118 valence electrons. The highest BCUT2D eigenvalue weighted by atomic mass is 32.2. The molecular formula is C16H25NO3S. The molecule has 0 radical (unpaired) electrons. The van der Waals surface area contributed by atoms with E-state index in [0.29, 0.717) is 23.9 Å². The number of rotatable bonds is 5. The smallest absolute Gasteiger partial charge is 0.243 e. The predicted molar refractivity (Wildman–Crippen MR) is 83.7 cm³/mol. The van der Waals surface area contributed by atoms with Gasteiger partial charge in [0.1, 0.15) is 0 Å². The SMILES string of the molecule is Cc1cccc(S(=O)(=O)N2CCC(OCC(C)C)CC2)c1. The van der Waals surface area contributed by atoms with Gasteiger partial charge in [0.2, 0.25) is 10.0 Å². The molecule has 0 atom stereocenters. The van der Waals surface area contributed by atoms with Crippen LogP contribution in [0.25, 0.3) is 0 Å². The number of ether oxygens (including phenoxy) is 1. The molecule has 0 bridgehead atoms. The first-order chi connectivity index (χ1) is 9.89. The van der Waals surface area contributed by atoms with E-state index in [4.69, 9.17) is 4.74 Å². The Bertz CT molecular complexity index is 561. The summed E-state index contributed by atoms with van der Waals surface area (Å²) in [5, 5.41) is 0. The van der Waals surface area contributed by atoms with Crippen LogP contribution in [-0.4, -0.2) is 38.5 Å². The first-order valence-corrected chi connectivity index (χ1v) is 9.02. The van der Waals surface area contributed by atoms with Gasteiger partial charge in [-0.2, -0.15) is 4.31 Å². The first kappa shape index (κ1) is 16.5. The topological polar surface area (TPSA) is 46.6 Å². The number of sulfonamides is 1. The van der Waals surface area contributed by atoms with E-state index in [2.05, 4.69) is 13.8 Å². The lowest BCUT2D eigenvalue weighted by atomic mass is 10.1. The van der Waals surface area contributed by atoms with Crippen molar-refractivity contribution in [1.29, 1.82) is 0 Å². The summed E-state index contributed by atoms with van der Waals surface area (Å²) in [6.07, 6.45) is 1.74. The monoisotopic (exact) mass is 311 g/mol. The number of hydrogen-bond acceptors (Lipinski definition) is 3. The molecule has 2 rings (SSSR count). The van der Waals surface area contributed by atoms with Crippen molar-refractivity contribution in [2.75, 3.05) is 19.7 Å². The molecule has 1 fully saturated rings. The fourth-order valence-corrected chi connectivity index (χ4v) is 4.07. The van der Waals surface area contributed by atoms with Crippen LogP contribution in [0.5, 0.6) is 0 Å². The first-order valence-electron chi connectivity index (χ1n) is 7.58. The molecule has 0 spiro atoms. The van der Waals surface area contributed by atoms with Crippen molar-refractivity contribution >= 4 is 10.0 Å². The summed E-state index contributed by atoms with van der Waals surface area (Å²) in [4.78, 5) is 0.393. The summed E-state index contributed by atoms with van der Waals surface area (Å²) in [7, 11) is -3.36. The quantitative estimate of drug-likeness (QED) is 0.840. The third-order valence-corrected chi connectivity index (χ3v) is 5.59. The molecule has 1 heterocycles. The van der Waals surface area contributed by atoms with Gasteiger partial charge in [-0.3, -0.25) is 0 Å². The summed E-state index contributed by atoms with van der Waals surface area (Å²) < 4.78 is 32.6. The Labute approximate surface area is 128 Å². The zero-order valence-corrected chi connectivity index (χ0v) is 13.9. The lowest BCUT2D eigenvalue weighted by Gasteiger charge is -2.31. The highest BCUT2D eigenvalue weighted by Crippen LogP contribution is 2.22. The molecule has 0 aliphatic carbocycles. The summed E-state index contributed by atoms with van der Waals surface area (Å²) in [5.74, 6) is 0.513. The van der Waals surface area contributed by atoms with Crippen LogP contribution in [0.15, 0.2) is 29.2 Å². The Kier molecular flexibility index (Phi) is 5.41. The van der Waals surface area contributed by atoms with Gasteiger partial charge in [-0.15, -0.1) is 0 Å². The molecule has 0 amide bonds. The average Bonchev–Trinajstić information content (AvgIpc) is 2.45. The molecule has 0 saturated carbocycles. The highest BCUT2D eigenvalue weighted by molar-refractivity contribution is 7.89. The normalized spacial score (nSPS) is 18.3. The van der Waals surface area contributed by atoms with Crippen LogP contribution in [0.3, 0.4) is 0 Å². The summed E-state index contributed by atoms with van der Waals surface area (Å²) >= 11 is 0. The van der Waals surface area contributed by atoms with E-state index in [-0.39, 0.29) is 6.10 Å². The largest absolute Gasteiger partial charge is 0.378 e. The maximum Gasteiger partial charge on any atom is 0.243 e. The number of hydrogen-bond donors (Lipinski definition) is 0. The maximum atomic E-state index is 12.6. The lowest BCUT2D eigenvalue weighted by molar-refractivity contribution is 0.00749. The minimum absolute atomic E-state index is 0.191. The van der Waals surface area contributed by atoms with Gasteiger partial charge >= 0.3 is 0 Å². The summed E-state index contributed by atoms with van der Waals surface area (Å²) in [5.41, 5.74) is 0.964. The van der Waals surface area contributed by atoms with E-state index in [1.54, 1.807) is 22.5 Å². The van der Waals surface area contributed by atoms with Crippen molar-refractivity contribution in [2.45, 2.75) is 44.6 Å². The fraction of sp³-hybridized carbons (Fsp3) is 0.625. The lowest BCUT2D eigenvalue weighted by Crippen LogP contribution is -2.41. The zero-order valence-electron chi connectivity index (χ0n) is 13.1. The molecule has 1 aromatic rings. The van der Waals surface area contributed by atoms with Gasteiger partial charge in [-0.1, -0.05) is 26.0 Å². The number of piperidine rings is 1. The van der Waals surface area contributed by atoms with Gasteiger partial charge in [0, 0.05) is 19.7 Å². The van der Waals surface area contributed by atoms with Gasteiger partial charge in [-0.25, -0.2) is 8.42 Å². The van der Waals surface area contributed by atoms with Crippen LogP contribution < -0.4 is 0 Å². The van der Waals surface area contributed by atoms with Crippen LogP contribution in [0.2, 0.25) is 0 Å². The number of aryl methyl sites for hydroxylation is 1. The van der Waals surface area contributed by atoms with Crippen molar-refractivity contribution < 1.29 is 13.2 Å². The Balaban J connectivity index is 1.98. The fourth-order valence-electron chi connectivity index (χ4n) is 2.49. The Morgan fingerprint density at radius 1 is 1.29 bits per heavy atom. The molecule has 0 N–H and O–H groups in total. The van der Waals surface area contributed by atoms with Crippen LogP contribution in [0.1, 0.15) is 32.3 Å². The standard InChI is InChI=1S/C16H25NO3S/c1-13(2)12-20-15-7-9-17(10-8-15)21(18,19)16-6-4-5-14(3)11-16/h4-6,11,13,15H,7-10,12H2,1-3H3. The third-order valence-electron chi connectivity index (χ3n) is 3.69. The van der Waals surface area contributed by atoms with E-state index in [9.17, 15) is 8.42 Å². The van der Waals surface area contributed by atoms with Gasteiger partial charge in [0.05, 0.1) is 11.0 Å². The van der Waals surface area contributed by atoms with E-state index < -0.39 is 10.0 Å². The van der Waals surface area contributed by atoms with E-state index in [1.807, 2.05) is 13.0 Å². The minimum Gasteiger partial charge on any atom is -0.378 e. The second-order valence-corrected chi connectivity index (χ2v) is 8.09. The van der Waals surface area contributed by atoms with Crippen LogP contribution in [-0.2, 0) is 14.8 Å². The number of nitrogens with zero attached hydrogens (tertiary/aromatic N) is 1. The van der Waals surface area contributed by atoms with E-state index in [0.717, 1.165) is 25.0 Å². The van der Waals surface area contributed by atoms with Gasteiger partial charge < -0.3 is 4.74 Å². The average molecular weight is 311 g/mol. The van der Waals surface area contributed by atoms with Gasteiger partial charge in [0.15, 0.2) is 0 Å². The van der Waals surface area contributed by atoms with Crippen molar-refractivity contribution in [1.82, 2.24) is 4.31 Å². The zero-order chi connectivity index (χ0) is 15.5. The molecular weight excluding hydrogens is 286 g/mol. The van der Waals surface area contributed by atoms with Crippen LogP contribution in [0, 0.1) is 12.8 Å². The molecule has 5 heteroatoms. The summed E-state index contributed by atoms with van der Waals surface area (Å²) in [6, 6.07) is 7.10. The van der Waals surface area contributed by atoms with Crippen molar-refractivity contribution in [3.8, 4) is 0 Å². The van der Waals surface area contributed by atoms with Gasteiger partial charge in [-0.05, 0) is 43.4 Å². The molecule has 1 aliphatic rings. The molecule has 1 aromatic carbocycles. The highest BCUT2D eigenvalue weighted by Gasteiger charge is 2.29. The molecule has 0 unspecified atom stereocenters. The minimum atomic E-state index is -3.36. The van der Waals surface area contributed by atoms with E-state index >= 15 is 0 Å². The Hall–Kier alpha value is -0.910. The van der Waals surface area contributed by atoms with Crippen molar-refractivity contribution in [3.05, 3.63) is 29.8 Å². The van der Waals surface area contributed by atoms with Crippen molar-refractivity contribution in [3.63, 3.8) is 0 Å². The molecule has 1 aliphatic heterocycles. The second-order valence-electron chi connectivity index (χ2n) is 6.15. The van der Waals surface area contributed by atoms with Crippen molar-refractivity contribution in [2.24, 2.45) is 5.92 Å². The van der Waals surface area contributed by atoms with Crippen LogP contribution >= 0.6 is 0 Å². The van der Waals surface area contributed by atoms with E-state index in [1.165, 1.54) is 0 Å². The molecule has 21 heavy (non-hydrogen) atoms. The second kappa shape index (κ2) is 6.90. The van der Waals surface area contributed by atoms with Gasteiger partial charge in [0.25, 0.3) is 0 Å². The predicted octanol–water partition coefficient (Wildman–Crippen LogP) is 2.82. The Morgan fingerprint density at radius 3 is 2.52 bits per heavy atom. The molecule has 1 saturated heterocycles.